The summed E-state index contributed by atoms with van der Waals surface area (Å²) in [6.45, 7) is 0. The lowest BCUT2D eigenvalue weighted by Gasteiger charge is -2.14. The van der Waals surface area contributed by atoms with E-state index in [4.69, 9.17) is 16.2 Å². The fourth-order valence-corrected chi connectivity index (χ4v) is 2.37. The lowest BCUT2D eigenvalue weighted by atomic mass is 10.2. The Kier molecular flexibility index (Phi) is 4.62. The van der Waals surface area contributed by atoms with Crippen LogP contribution in [0.2, 0.25) is 0 Å². The van der Waals surface area contributed by atoms with E-state index in [0.29, 0.717) is 28.2 Å². The van der Waals surface area contributed by atoms with Gasteiger partial charge in [0.15, 0.2) is 0 Å². The summed E-state index contributed by atoms with van der Waals surface area (Å²) in [6.07, 6.45) is 0.848. The number of hydrogen-bond acceptors (Lipinski definition) is 6. The number of hydrogen-bond donors (Lipinski definition) is 2. The number of urea groups is 1. The molecule has 3 rings (SSSR count). The predicted molar refractivity (Wildman–Crippen MR) is 95.7 cm³/mol. The highest BCUT2D eigenvalue weighted by atomic mass is 16.6. The molecule has 0 aliphatic heterocycles. The molecule has 0 spiro atoms. The Morgan fingerprint density at radius 2 is 1.81 bits per heavy atom. The third kappa shape index (κ3) is 3.79. The third-order valence-electron chi connectivity index (χ3n) is 3.67. The molecule has 0 aliphatic carbocycles. The van der Waals surface area contributed by atoms with E-state index in [1.807, 2.05) is 0 Å². The summed E-state index contributed by atoms with van der Waals surface area (Å²) in [5, 5.41) is 0.678. The summed E-state index contributed by atoms with van der Waals surface area (Å²) in [7, 11) is 1.49. The minimum Gasteiger partial charge on any atom is -0.457 e. The highest BCUT2D eigenvalue weighted by molar-refractivity contribution is 5.93. The van der Waals surface area contributed by atoms with Crippen LogP contribution < -0.4 is 21.1 Å². The van der Waals surface area contributed by atoms with Crippen LogP contribution in [0.25, 0.3) is 10.9 Å². The minimum atomic E-state index is -1.18. The van der Waals surface area contributed by atoms with Gasteiger partial charge in [-0.25, -0.2) is 19.4 Å². The molecule has 3 amide bonds. The van der Waals surface area contributed by atoms with Gasteiger partial charge in [-0.3, -0.25) is 9.47 Å². The van der Waals surface area contributed by atoms with Crippen LogP contribution in [-0.2, 0) is 4.74 Å². The predicted octanol–water partition coefficient (Wildman–Crippen LogP) is 2.41. The number of ether oxygens (including phenoxy) is 2. The number of fused-ring (bicyclic) bond motifs is 1. The van der Waals surface area contributed by atoms with E-state index in [1.54, 1.807) is 36.4 Å². The van der Waals surface area contributed by atoms with Crippen LogP contribution in [0.3, 0.4) is 0 Å². The summed E-state index contributed by atoms with van der Waals surface area (Å²) in [6, 6.07) is 9.15. The molecule has 10 heteroatoms. The second-order valence-corrected chi connectivity index (χ2v) is 5.44. The maximum atomic E-state index is 11.8. The second-order valence-electron chi connectivity index (χ2n) is 5.44. The number of rotatable bonds is 3. The zero-order valence-electron chi connectivity index (χ0n) is 14.2. The molecule has 27 heavy (non-hydrogen) atoms. The molecule has 0 saturated carbocycles. The largest absolute Gasteiger partial charge is 0.457 e. The van der Waals surface area contributed by atoms with E-state index in [1.165, 1.54) is 24.3 Å². The van der Waals surface area contributed by atoms with Crippen molar-refractivity contribution in [1.82, 2.24) is 9.55 Å². The fraction of sp³-hybridized carbons (Fsp3) is 0.0588. The summed E-state index contributed by atoms with van der Waals surface area (Å²) in [5.41, 5.74) is 10.6. The van der Waals surface area contributed by atoms with Crippen molar-refractivity contribution in [3.05, 3.63) is 48.8 Å². The van der Waals surface area contributed by atoms with Crippen molar-refractivity contribution in [1.29, 1.82) is 0 Å². The smallest absolute Gasteiger partial charge is 0.427 e. The van der Waals surface area contributed by atoms with Crippen molar-refractivity contribution in [2.45, 2.75) is 0 Å². The zero-order chi connectivity index (χ0) is 19.6. The lowest BCUT2D eigenvalue weighted by molar-refractivity contribution is 0.159. The summed E-state index contributed by atoms with van der Waals surface area (Å²) in [5.74, 6) is 1.27. The van der Waals surface area contributed by atoms with Crippen molar-refractivity contribution in [3.63, 3.8) is 0 Å². The number of amides is 3. The van der Waals surface area contributed by atoms with E-state index >= 15 is 0 Å². The number of aromatic nitrogens is 2. The molecule has 0 atom stereocenters. The van der Waals surface area contributed by atoms with Gasteiger partial charge in [-0.05, 0) is 30.3 Å². The summed E-state index contributed by atoms with van der Waals surface area (Å²) >= 11 is 0. The molecule has 0 unspecified atom stereocenters. The number of nitrogens with two attached hydrogens (primary N) is 2. The molecule has 3 aromatic rings. The summed E-state index contributed by atoms with van der Waals surface area (Å²) in [4.78, 5) is 39.0. The SMILES string of the molecule is CN(C(N)=O)c1cc(Oc2ccc3c(ccn3C(=O)OC(N)=O)c2)ccn1. The molecule has 2 heterocycles. The monoisotopic (exact) mass is 369 g/mol. The van der Waals surface area contributed by atoms with Gasteiger partial charge in [0.25, 0.3) is 0 Å². The standard InChI is InChI=1S/C17H15N5O5/c1-21(15(18)23)14-9-12(4-6-20-14)26-11-2-3-13-10(8-11)5-7-22(13)17(25)27-16(19)24/h2-9H,1H3,(H2,18,23)(H2,19,24). The van der Waals surface area contributed by atoms with E-state index in [2.05, 4.69) is 9.72 Å². The van der Waals surface area contributed by atoms with Gasteiger partial charge in [-0.2, -0.15) is 0 Å². The number of primary amides is 2. The Hall–Kier alpha value is -4.08. The molecule has 2 aromatic heterocycles. The van der Waals surface area contributed by atoms with Crippen LogP contribution in [0.15, 0.2) is 48.8 Å². The van der Waals surface area contributed by atoms with Gasteiger partial charge in [0.1, 0.15) is 17.3 Å². The number of anilines is 1. The van der Waals surface area contributed by atoms with E-state index < -0.39 is 18.2 Å². The van der Waals surface area contributed by atoms with Gasteiger partial charge in [-0.15, -0.1) is 0 Å². The Labute approximate surface area is 152 Å². The van der Waals surface area contributed by atoms with Crippen molar-refractivity contribution in [2.75, 3.05) is 11.9 Å². The van der Waals surface area contributed by atoms with Crippen LogP contribution in [0, 0.1) is 0 Å². The van der Waals surface area contributed by atoms with Crippen LogP contribution in [0.5, 0.6) is 11.5 Å². The van der Waals surface area contributed by atoms with E-state index in [-0.39, 0.29) is 0 Å². The molecular weight excluding hydrogens is 354 g/mol. The van der Waals surface area contributed by atoms with Gasteiger partial charge in [0.2, 0.25) is 0 Å². The van der Waals surface area contributed by atoms with Gasteiger partial charge in [-0.1, -0.05) is 0 Å². The Morgan fingerprint density at radius 1 is 1.07 bits per heavy atom. The van der Waals surface area contributed by atoms with Gasteiger partial charge < -0.3 is 20.9 Å². The fourth-order valence-electron chi connectivity index (χ4n) is 2.37. The van der Waals surface area contributed by atoms with Gasteiger partial charge in [0.05, 0.1) is 5.52 Å². The molecule has 0 radical (unpaired) electrons. The van der Waals surface area contributed by atoms with E-state index in [0.717, 1.165) is 4.57 Å². The Balaban J connectivity index is 1.85. The zero-order valence-corrected chi connectivity index (χ0v) is 14.2. The number of benzene rings is 1. The van der Waals surface area contributed by atoms with E-state index in [9.17, 15) is 14.4 Å². The molecule has 0 saturated heterocycles. The highest BCUT2D eigenvalue weighted by Gasteiger charge is 2.14. The van der Waals surface area contributed by atoms with Crippen molar-refractivity contribution in [3.8, 4) is 11.5 Å². The normalized spacial score (nSPS) is 10.4. The maximum absolute atomic E-state index is 11.8. The van der Waals surface area contributed by atoms with Crippen molar-refractivity contribution >= 4 is 34.9 Å². The van der Waals surface area contributed by atoms with Crippen LogP contribution in [0.1, 0.15) is 0 Å². The first-order chi connectivity index (χ1) is 12.8. The van der Waals surface area contributed by atoms with Crippen molar-refractivity contribution in [2.24, 2.45) is 11.5 Å². The molecule has 10 nitrogen and oxygen atoms in total. The van der Waals surface area contributed by atoms with Gasteiger partial charge >= 0.3 is 18.2 Å². The first-order valence-electron chi connectivity index (χ1n) is 7.65. The average Bonchev–Trinajstić information content (AvgIpc) is 3.04. The Bertz CT molecular complexity index is 1050. The average molecular weight is 369 g/mol. The Morgan fingerprint density at radius 3 is 2.52 bits per heavy atom. The molecule has 0 fully saturated rings. The maximum Gasteiger partial charge on any atom is 0.427 e. The van der Waals surface area contributed by atoms with Crippen LogP contribution in [-0.4, -0.2) is 34.8 Å². The summed E-state index contributed by atoms with van der Waals surface area (Å²) < 4.78 is 11.3. The lowest BCUT2D eigenvalue weighted by Crippen LogP contribution is -2.32. The minimum absolute atomic E-state index is 0.335. The first-order valence-corrected chi connectivity index (χ1v) is 7.65. The molecule has 4 N–H and O–H groups in total. The molecule has 0 aliphatic rings. The quantitative estimate of drug-likeness (QED) is 0.679. The highest BCUT2D eigenvalue weighted by Crippen LogP contribution is 2.28. The van der Waals surface area contributed by atoms with Gasteiger partial charge in [0, 0.05) is 30.9 Å². The molecule has 1 aromatic carbocycles. The molecule has 0 bridgehead atoms. The van der Waals surface area contributed by atoms with Crippen molar-refractivity contribution < 1.29 is 23.9 Å². The third-order valence-corrected chi connectivity index (χ3v) is 3.67. The topological polar surface area (TPSA) is 143 Å². The second kappa shape index (κ2) is 7.04. The van der Waals surface area contributed by atoms with Crippen LogP contribution in [0.4, 0.5) is 20.2 Å². The van der Waals surface area contributed by atoms with Crippen LogP contribution >= 0.6 is 0 Å². The molecular formula is C17H15N5O5. The first kappa shape index (κ1) is 17.7. The number of nitrogens with zero attached hydrogens (tertiary/aromatic N) is 3. The number of carbonyl (C=O) groups excluding carboxylic acids is 3. The number of carbonyl (C=O) groups is 3. The molecule has 138 valence electrons. The number of pyridine rings is 1.